The molecule has 1 aliphatic carbocycles. The quantitative estimate of drug-likeness (QED) is 0.597. The number of fused-ring (bicyclic) bond motifs is 1. The summed E-state index contributed by atoms with van der Waals surface area (Å²) in [6.45, 7) is -0.0356. The number of aryl methyl sites for hydroxylation is 1. The third-order valence-corrected chi connectivity index (χ3v) is 7.68. The van der Waals surface area contributed by atoms with Crippen molar-refractivity contribution in [2.45, 2.75) is 25.4 Å². The zero-order valence-electron chi connectivity index (χ0n) is 16.4. The van der Waals surface area contributed by atoms with Crippen molar-refractivity contribution in [1.82, 2.24) is 4.31 Å². The van der Waals surface area contributed by atoms with E-state index in [0.29, 0.717) is 21.3 Å². The zero-order valence-corrected chi connectivity index (χ0v) is 18.8. The van der Waals surface area contributed by atoms with E-state index in [0.717, 1.165) is 34.0 Å². The Morgan fingerprint density at radius 1 is 1.19 bits per heavy atom. The first kappa shape index (κ1) is 22.2. The Morgan fingerprint density at radius 3 is 2.65 bits per heavy atom. The molecule has 0 saturated carbocycles. The SMILES string of the molecule is NS(=O)(=O)N1CCOC(C(=O)Nc2sc3c(c2C(=O)Nc2ccc(Cl)cc2)CCC3)C1. The third kappa shape index (κ3) is 4.92. The van der Waals surface area contributed by atoms with Crippen molar-refractivity contribution in [3.63, 3.8) is 0 Å². The van der Waals surface area contributed by atoms with Gasteiger partial charge in [-0.1, -0.05) is 11.6 Å². The first-order valence-electron chi connectivity index (χ1n) is 9.64. The van der Waals surface area contributed by atoms with E-state index in [9.17, 15) is 18.0 Å². The van der Waals surface area contributed by atoms with E-state index >= 15 is 0 Å². The summed E-state index contributed by atoms with van der Waals surface area (Å²) in [7, 11) is -3.92. The molecular formula is C19H21ClN4O5S2. The predicted molar refractivity (Wildman–Crippen MR) is 119 cm³/mol. The van der Waals surface area contributed by atoms with E-state index in [-0.39, 0.29) is 25.6 Å². The highest BCUT2D eigenvalue weighted by Gasteiger charge is 2.33. The number of anilines is 2. The molecule has 1 atom stereocenters. The average molecular weight is 485 g/mol. The maximum absolute atomic E-state index is 13.1. The molecule has 2 aromatic rings. The van der Waals surface area contributed by atoms with Gasteiger partial charge in [0, 0.05) is 22.1 Å². The molecule has 4 rings (SSSR count). The number of halogens is 1. The molecule has 31 heavy (non-hydrogen) atoms. The second-order valence-corrected chi connectivity index (χ2v) is 10.4. The number of rotatable bonds is 5. The monoisotopic (exact) mass is 484 g/mol. The van der Waals surface area contributed by atoms with Crippen LogP contribution in [-0.4, -0.2) is 50.3 Å². The summed E-state index contributed by atoms with van der Waals surface area (Å²) < 4.78 is 29.6. The summed E-state index contributed by atoms with van der Waals surface area (Å²) in [6.07, 6.45) is 1.53. The molecule has 0 bridgehead atoms. The summed E-state index contributed by atoms with van der Waals surface area (Å²) in [5.41, 5.74) is 1.95. The topological polar surface area (TPSA) is 131 Å². The summed E-state index contributed by atoms with van der Waals surface area (Å²) in [5, 5.41) is 11.8. The standard InChI is InChI=1S/C19H21ClN4O5S2/c20-11-4-6-12(7-5-11)22-18(26)16-13-2-1-3-15(13)30-19(16)23-17(25)14-10-24(8-9-29-14)31(21,27)28/h4-7,14H,1-3,8-10H2,(H,22,26)(H,23,25)(H2,21,27,28). The zero-order chi connectivity index (χ0) is 22.2. The molecule has 166 valence electrons. The lowest BCUT2D eigenvalue weighted by atomic mass is 10.1. The number of ether oxygens (including phenoxy) is 1. The number of benzene rings is 1. The van der Waals surface area contributed by atoms with Crippen molar-refractivity contribution in [3.05, 3.63) is 45.3 Å². The molecule has 2 amide bonds. The molecule has 0 spiro atoms. The third-order valence-electron chi connectivity index (χ3n) is 5.17. The Morgan fingerprint density at radius 2 is 1.94 bits per heavy atom. The van der Waals surface area contributed by atoms with Crippen molar-refractivity contribution in [2.24, 2.45) is 5.14 Å². The van der Waals surface area contributed by atoms with Gasteiger partial charge in [0.2, 0.25) is 0 Å². The van der Waals surface area contributed by atoms with Crippen molar-refractivity contribution < 1.29 is 22.7 Å². The van der Waals surface area contributed by atoms with Gasteiger partial charge in [0.15, 0.2) is 0 Å². The van der Waals surface area contributed by atoms with Gasteiger partial charge in [0.1, 0.15) is 11.1 Å². The maximum atomic E-state index is 13.1. The number of nitrogens with zero attached hydrogens (tertiary/aromatic N) is 1. The number of carbonyl (C=O) groups excluding carboxylic acids is 2. The van der Waals surface area contributed by atoms with E-state index in [2.05, 4.69) is 10.6 Å². The molecular weight excluding hydrogens is 464 g/mol. The number of hydrogen-bond acceptors (Lipinski definition) is 6. The summed E-state index contributed by atoms with van der Waals surface area (Å²) in [6, 6.07) is 6.75. The fourth-order valence-electron chi connectivity index (χ4n) is 3.67. The molecule has 0 radical (unpaired) electrons. The Hall–Kier alpha value is -2.02. The fourth-order valence-corrected chi connectivity index (χ4v) is 5.76. The van der Waals surface area contributed by atoms with Crippen LogP contribution in [0.2, 0.25) is 5.02 Å². The number of thiophene rings is 1. The van der Waals surface area contributed by atoms with Crippen LogP contribution < -0.4 is 15.8 Å². The molecule has 4 N–H and O–H groups in total. The Labute approximate surface area is 188 Å². The molecule has 9 nitrogen and oxygen atoms in total. The lowest BCUT2D eigenvalue weighted by Crippen LogP contribution is -2.51. The van der Waals surface area contributed by atoms with Crippen LogP contribution in [0.25, 0.3) is 0 Å². The molecule has 1 fully saturated rings. The summed E-state index contributed by atoms with van der Waals surface area (Å²) >= 11 is 7.26. The van der Waals surface area contributed by atoms with Crippen molar-refractivity contribution in [1.29, 1.82) is 0 Å². The molecule has 2 aliphatic rings. The highest BCUT2D eigenvalue weighted by Crippen LogP contribution is 2.39. The van der Waals surface area contributed by atoms with Crippen LogP contribution >= 0.6 is 22.9 Å². The smallest absolute Gasteiger partial charge is 0.277 e. The van der Waals surface area contributed by atoms with Crippen molar-refractivity contribution >= 4 is 55.6 Å². The molecule has 1 aromatic carbocycles. The normalized spacial score (nSPS) is 19.1. The van der Waals surface area contributed by atoms with Crippen molar-refractivity contribution in [3.8, 4) is 0 Å². The lowest BCUT2D eigenvalue weighted by molar-refractivity contribution is -0.130. The van der Waals surface area contributed by atoms with Crippen LogP contribution in [0.4, 0.5) is 10.7 Å². The van der Waals surface area contributed by atoms with E-state index in [1.165, 1.54) is 11.3 Å². The van der Waals surface area contributed by atoms with Crippen LogP contribution in [0.5, 0.6) is 0 Å². The number of nitrogens with one attached hydrogen (secondary N) is 2. The van der Waals surface area contributed by atoms with Gasteiger partial charge in [-0.2, -0.15) is 12.7 Å². The second-order valence-electron chi connectivity index (χ2n) is 7.27. The molecule has 2 heterocycles. The minimum atomic E-state index is -3.92. The Balaban J connectivity index is 1.54. The number of morpholine rings is 1. The summed E-state index contributed by atoms with van der Waals surface area (Å²) in [4.78, 5) is 26.9. The van der Waals surface area contributed by atoms with Gasteiger partial charge >= 0.3 is 0 Å². The highest BCUT2D eigenvalue weighted by atomic mass is 35.5. The van der Waals surface area contributed by atoms with Crippen LogP contribution in [0.15, 0.2) is 24.3 Å². The van der Waals surface area contributed by atoms with Gasteiger partial charge in [-0.25, -0.2) is 5.14 Å². The van der Waals surface area contributed by atoms with E-state index < -0.39 is 22.2 Å². The number of nitrogens with two attached hydrogens (primary N) is 1. The van der Waals surface area contributed by atoms with Gasteiger partial charge in [-0.3, -0.25) is 9.59 Å². The van der Waals surface area contributed by atoms with E-state index in [1.807, 2.05) is 0 Å². The predicted octanol–water partition coefficient (Wildman–Crippen LogP) is 1.99. The van der Waals surface area contributed by atoms with Gasteiger partial charge in [0.25, 0.3) is 22.0 Å². The van der Waals surface area contributed by atoms with Gasteiger partial charge in [0.05, 0.1) is 18.7 Å². The largest absolute Gasteiger partial charge is 0.366 e. The molecule has 1 aromatic heterocycles. The van der Waals surface area contributed by atoms with Crippen LogP contribution in [-0.2, 0) is 32.6 Å². The van der Waals surface area contributed by atoms with Gasteiger partial charge in [-0.15, -0.1) is 11.3 Å². The Kier molecular flexibility index (Phi) is 6.33. The number of carbonyl (C=O) groups is 2. The molecule has 12 heteroatoms. The average Bonchev–Trinajstić information content (AvgIpc) is 3.30. The highest BCUT2D eigenvalue weighted by molar-refractivity contribution is 7.86. The molecule has 1 aliphatic heterocycles. The minimum Gasteiger partial charge on any atom is -0.366 e. The number of hydrogen-bond donors (Lipinski definition) is 3. The van der Waals surface area contributed by atoms with Gasteiger partial charge < -0.3 is 15.4 Å². The maximum Gasteiger partial charge on any atom is 0.277 e. The molecule has 1 saturated heterocycles. The van der Waals surface area contributed by atoms with E-state index in [4.69, 9.17) is 21.5 Å². The van der Waals surface area contributed by atoms with Gasteiger partial charge in [-0.05, 0) is 49.1 Å². The second kappa shape index (κ2) is 8.85. The summed E-state index contributed by atoms with van der Waals surface area (Å²) in [5.74, 6) is -0.846. The fraction of sp³-hybridized carbons (Fsp3) is 0.368. The van der Waals surface area contributed by atoms with Crippen LogP contribution in [0.1, 0.15) is 27.2 Å². The first-order valence-corrected chi connectivity index (χ1v) is 12.3. The van der Waals surface area contributed by atoms with E-state index in [1.54, 1.807) is 24.3 Å². The number of amides is 2. The minimum absolute atomic E-state index is 0.0549. The van der Waals surface area contributed by atoms with Crippen LogP contribution in [0.3, 0.4) is 0 Å². The Bertz CT molecular complexity index is 1120. The first-order chi connectivity index (χ1) is 14.7. The van der Waals surface area contributed by atoms with Crippen molar-refractivity contribution in [2.75, 3.05) is 30.3 Å². The molecule has 1 unspecified atom stereocenters. The lowest BCUT2D eigenvalue weighted by Gasteiger charge is -2.29. The van der Waals surface area contributed by atoms with Crippen LogP contribution in [0, 0.1) is 0 Å².